The molecule has 2 rings (SSSR count). The number of carbonyl (C=O) groups is 1. The second kappa shape index (κ2) is 5.79. The summed E-state index contributed by atoms with van der Waals surface area (Å²) in [6.07, 6.45) is 0.121. The van der Waals surface area contributed by atoms with E-state index in [0.717, 1.165) is 13.8 Å². The van der Waals surface area contributed by atoms with Crippen LogP contribution in [0, 0.1) is 2.88 Å². The molecule has 1 fully saturated rings. The van der Waals surface area contributed by atoms with Gasteiger partial charge in [-0.3, -0.25) is 4.79 Å². The summed E-state index contributed by atoms with van der Waals surface area (Å²) in [6, 6.07) is 1.94. The van der Waals surface area contributed by atoms with Crippen molar-refractivity contribution in [1.82, 2.24) is 4.90 Å². The molecule has 1 aromatic rings. The van der Waals surface area contributed by atoms with E-state index in [2.05, 4.69) is 38.5 Å². The summed E-state index contributed by atoms with van der Waals surface area (Å²) in [5.74, 6) is 0.119. The number of alkyl halides is 1. The van der Waals surface area contributed by atoms with E-state index in [4.69, 9.17) is 4.74 Å². The van der Waals surface area contributed by atoms with Crippen molar-refractivity contribution >= 4 is 55.8 Å². The maximum absolute atomic E-state index is 12.1. The molecule has 1 aliphatic heterocycles. The molecule has 0 radical (unpaired) electrons. The number of amides is 1. The van der Waals surface area contributed by atoms with Crippen molar-refractivity contribution in [1.29, 1.82) is 0 Å². The SMILES string of the molecule is O=C(c1csc(I)c1)N1CCOC(CBr)C1. The number of nitrogens with zero attached hydrogens (tertiary/aromatic N) is 1. The fourth-order valence-electron chi connectivity index (χ4n) is 1.60. The second-order valence-corrected chi connectivity index (χ2v) is 6.99. The Bertz CT molecular complexity index is 385. The molecule has 0 aromatic carbocycles. The maximum Gasteiger partial charge on any atom is 0.254 e. The van der Waals surface area contributed by atoms with Gasteiger partial charge in [-0.05, 0) is 28.7 Å². The summed E-state index contributed by atoms with van der Waals surface area (Å²) in [6.45, 7) is 1.99. The van der Waals surface area contributed by atoms with Crippen LogP contribution in [0.25, 0.3) is 0 Å². The Morgan fingerprint density at radius 3 is 3.19 bits per heavy atom. The first-order valence-corrected chi connectivity index (χ1v) is 7.99. The lowest BCUT2D eigenvalue weighted by molar-refractivity contribution is -0.00962. The first kappa shape index (κ1) is 12.8. The molecule has 1 aliphatic rings. The highest BCUT2D eigenvalue weighted by Crippen LogP contribution is 2.19. The molecule has 1 atom stereocenters. The Morgan fingerprint density at radius 2 is 2.56 bits per heavy atom. The number of morpholine rings is 1. The van der Waals surface area contributed by atoms with Gasteiger partial charge in [0.2, 0.25) is 0 Å². The third-order valence-corrected chi connectivity index (χ3v) is 4.92. The molecular weight excluding hydrogens is 405 g/mol. The summed E-state index contributed by atoms with van der Waals surface area (Å²) in [4.78, 5) is 14.0. The number of carbonyl (C=O) groups excluding carboxylic acids is 1. The summed E-state index contributed by atoms with van der Waals surface area (Å²) in [5.41, 5.74) is 0.796. The molecule has 0 saturated carbocycles. The van der Waals surface area contributed by atoms with E-state index in [9.17, 15) is 4.79 Å². The third kappa shape index (κ3) is 2.96. The van der Waals surface area contributed by atoms with Crippen molar-refractivity contribution in [3.8, 4) is 0 Å². The van der Waals surface area contributed by atoms with Gasteiger partial charge in [-0.25, -0.2) is 0 Å². The van der Waals surface area contributed by atoms with Crippen molar-refractivity contribution in [2.24, 2.45) is 0 Å². The van der Waals surface area contributed by atoms with E-state index in [0.29, 0.717) is 19.7 Å². The van der Waals surface area contributed by atoms with Gasteiger partial charge >= 0.3 is 0 Å². The van der Waals surface area contributed by atoms with Crippen LogP contribution in [0.1, 0.15) is 10.4 Å². The number of hydrogen-bond acceptors (Lipinski definition) is 3. The van der Waals surface area contributed by atoms with Gasteiger partial charge in [0.15, 0.2) is 0 Å². The Balaban J connectivity index is 2.04. The van der Waals surface area contributed by atoms with Crippen LogP contribution in [0.2, 0.25) is 0 Å². The molecule has 2 heterocycles. The first-order valence-electron chi connectivity index (χ1n) is 4.91. The van der Waals surface area contributed by atoms with Gasteiger partial charge in [-0.1, -0.05) is 15.9 Å². The average Bonchev–Trinajstić information content (AvgIpc) is 2.75. The summed E-state index contributed by atoms with van der Waals surface area (Å²) in [7, 11) is 0. The Morgan fingerprint density at radius 1 is 1.75 bits per heavy atom. The monoisotopic (exact) mass is 415 g/mol. The predicted octanol–water partition coefficient (Wildman–Crippen LogP) is 2.59. The van der Waals surface area contributed by atoms with Crippen molar-refractivity contribution < 1.29 is 9.53 Å². The van der Waals surface area contributed by atoms with Gasteiger partial charge in [0.1, 0.15) is 0 Å². The zero-order chi connectivity index (χ0) is 11.5. The smallest absolute Gasteiger partial charge is 0.254 e. The number of halogens is 2. The minimum atomic E-state index is 0.119. The fourth-order valence-corrected chi connectivity index (χ4v) is 3.31. The van der Waals surface area contributed by atoms with E-state index in [1.54, 1.807) is 11.3 Å². The highest BCUT2D eigenvalue weighted by molar-refractivity contribution is 14.1. The van der Waals surface area contributed by atoms with Gasteiger partial charge in [0.05, 0.1) is 21.2 Å². The molecule has 0 spiro atoms. The molecule has 1 unspecified atom stereocenters. The van der Waals surface area contributed by atoms with Crippen LogP contribution in [0.15, 0.2) is 11.4 Å². The lowest BCUT2D eigenvalue weighted by Gasteiger charge is -2.31. The van der Waals surface area contributed by atoms with E-state index in [1.807, 2.05) is 16.3 Å². The van der Waals surface area contributed by atoms with Crippen LogP contribution in [-0.4, -0.2) is 41.9 Å². The molecule has 0 aliphatic carbocycles. The van der Waals surface area contributed by atoms with Crippen LogP contribution >= 0.6 is 49.9 Å². The molecular formula is C10H11BrINO2S. The van der Waals surface area contributed by atoms with Crippen molar-refractivity contribution in [3.05, 3.63) is 19.9 Å². The number of rotatable bonds is 2. The molecule has 1 amide bonds. The molecule has 6 heteroatoms. The van der Waals surface area contributed by atoms with E-state index >= 15 is 0 Å². The quantitative estimate of drug-likeness (QED) is 0.548. The average molecular weight is 416 g/mol. The van der Waals surface area contributed by atoms with Gasteiger partial charge in [0, 0.05) is 23.8 Å². The minimum Gasteiger partial charge on any atom is -0.374 e. The molecule has 3 nitrogen and oxygen atoms in total. The number of thiophene rings is 1. The molecule has 0 N–H and O–H groups in total. The zero-order valence-corrected chi connectivity index (χ0v) is 13.0. The number of ether oxygens (including phenoxy) is 1. The van der Waals surface area contributed by atoms with Gasteiger partial charge in [-0.2, -0.15) is 0 Å². The van der Waals surface area contributed by atoms with Gasteiger partial charge < -0.3 is 9.64 Å². The normalized spacial score (nSPS) is 21.1. The van der Waals surface area contributed by atoms with Crippen LogP contribution in [0.3, 0.4) is 0 Å². The maximum atomic E-state index is 12.1. The second-order valence-electron chi connectivity index (χ2n) is 3.54. The van der Waals surface area contributed by atoms with Crippen LogP contribution in [-0.2, 0) is 4.74 Å². The molecule has 0 bridgehead atoms. The third-order valence-electron chi connectivity index (χ3n) is 2.41. The van der Waals surface area contributed by atoms with Crippen LogP contribution < -0.4 is 0 Å². The minimum absolute atomic E-state index is 0.119. The lowest BCUT2D eigenvalue weighted by atomic mass is 10.2. The Labute approximate surface area is 120 Å². The van der Waals surface area contributed by atoms with Crippen LogP contribution in [0.4, 0.5) is 0 Å². The standard InChI is InChI=1S/C10H11BrINO2S/c11-4-8-5-13(1-2-15-8)10(14)7-3-9(12)16-6-7/h3,6,8H,1-2,4-5H2. The highest BCUT2D eigenvalue weighted by Gasteiger charge is 2.24. The largest absolute Gasteiger partial charge is 0.374 e. The van der Waals surface area contributed by atoms with Crippen molar-refractivity contribution in [2.45, 2.75) is 6.10 Å². The van der Waals surface area contributed by atoms with Crippen molar-refractivity contribution in [3.63, 3.8) is 0 Å². The van der Waals surface area contributed by atoms with E-state index in [1.165, 1.54) is 0 Å². The zero-order valence-electron chi connectivity index (χ0n) is 8.49. The first-order chi connectivity index (χ1) is 7.70. The van der Waals surface area contributed by atoms with Crippen molar-refractivity contribution in [2.75, 3.05) is 25.0 Å². The lowest BCUT2D eigenvalue weighted by Crippen LogP contribution is -2.46. The van der Waals surface area contributed by atoms with Gasteiger partial charge in [-0.15, -0.1) is 11.3 Å². The predicted molar refractivity (Wildman–Crippen MR) is 76.5 cm³/mol. The van der Waals surface area contributed by atoms with Gasteiger partial charge in [0.25, 0.3) is 5.91 Å². The van der Waals surface area contributed by atoms with Crippen LogP contribution in [0.5, 0.6) is 0 Å². The summed E-state index contributed by atoms with van der Waals surface area (Å²) < 4.78 is 6.65. The van der Waals surface area contributed by atoms with E-state index < -0.39 is 0 Å². The molecule has 16 heavy (non-hydrogen) atoms. The summed E-state index contributed by atoms with van der Waals surface area (Å²) >= 11 is 7.22. The Kier molecular flexibility index (Phi) is 4.63. The molecule has 88 valence electrons. The molecule has 1 saturated heterocycles. The molecule has 1 aromatic heterocycles. The van der Waals surface area contributed by atoms with E-state index in [-0.39, 0.29) is 12.0 Å². The fraction of sp³-hybridized carbons (Fsp3) is 0.500. The topological polar surface area (TPSA) is 29.5 Å². The summed E-state index contributed by atoms with van der Waals surface area (Å²) in [5, 5.41) is 2.70. The Hall–Kier alpha value is 0.340. The number of hydrogen-bond donors (Lipinski definition) is 0. The highest BCUT2D eigenvalue weighted by atomic mass is 127.